The molecule has 3 heterocycles. The molecular weight excluding hydrogens is 356 g/mol. The van der Waals surface area contributed by atoms with Crippen molar-refractivity contribution >= 4 is 11.3 Å². The van der Waals surface area contributed by atoms with E-state index in [4.69, 9.17) is 9.47 Å². The first kappa shape index (κ1) is 18.8. The summed E-state index contributed by atoms with van der Waals surface area (Å²) in [5.74, 6) is 1.68. The molecule has 0 N–H and O–H groups in total. The number of hydrogen-bond acceptors (Lipinski definition) is 5. The summed E-state index contributed by atoms with van der Waals surface area (Å²) in [7, 11) is 3.44. The fraction of sp³-hybridized carbons (Fsp3) is 0.545. The van der Waals surface area contributed by atoms with Gasteiger partial charge in [-0.05, 0) is 67.4 Å². The highest BCUT2D eigenvalue weighted by molar-refractivity contribution is 7.09. The van der Waals surface area contributed by atoms with Crippen LogP contribution in [0.15, 0.2) is 29.6 Å². The van der Waals surface area contributed by atoms with Gasteiger partial charge < -0.3 is 9.47 Å². The molecule has 0 saturated carbocycles. The van der Waals surface area contributed by atoms with Crippen LogP contribution in [-0.2, 0) is 13.0 Å². The van der Waals surface area contributed by atoms with Crippen molar-refractivity contribution in [2.24, 2.45) is 0 Å². The second-order valence-electron chi connectivity index (χ2n) is 7.68. The van der Waals surface area contributed by atoms with Crippen molar-refractivity contribution in [1.29, 1.82) is 0 Å². The fourth-order valence-electron chi connectivity index (χ4n) is 4.73. The van der Waals surface area contributed by atoms with E-state index in [0.717, 1.165) is 31.0 Å². The first-order valence-electron chi connectivity index (χ1n) is 9.95. The molecular formula is C22H30N2O2S. The number of thiophene rings is 1. The predicted molar refractivity (Wildman–Crippen MR) is 111 cm³/mol. The largest absolute Gasteiger partial charge is 0.493 e. The number of rotatable bonds is 5. The quantitative estimate of drug-likeness (QED) is 0.763. The van der Waals surface area contributed by atoms with Gasteiger partial charge in [-0.3, -0.25) is 9.80 Å². The maximum absolute atomic E-state index is 5.56. The Hall–Kier alpha value is -1.56. The van der Waals surface area contributed by atoms with E-state index in [1.54, 1.807) is 14.2 Å². The van der Waals surface area contributed by atoms with Gasteiger partial charge in [-0.15, -0.1) is 11.3 Å². The van der Waals surface area contributed by atoms with Crippen LogP contribution in [0, 0.1) is 0 Å². The second-order valence-corrected chi connectivity index (χ2v) is 8.71. The topological polar surface area (TPSA) is 24.9 Å². The molecule has 0 spiro atoms. The summed E-state index contributed by atoms with van der Waals surface area (Å²) in [6.45, 7) is 6.96. The van der Waals surface area contributed by atoms with Crippen molar-refractivity contribution in [2.75, 3.05) is 33.9 Å². The van der Waals surface area contributed by atoms with E-state index >= 15 is 0 Å². The Morgan fingerprint density at radius 3 is 2.70 bits per heavy atom. The molecule has 2 atom stereocenters. The van der Waals surface area contributed by atoms with Gasteiger partial charge in [0.2, 0.25) is 0 Å². The fourth-order valence-corrected chi connectivity index (χ4v) is 5.48. The SMILES string of the molecule is COc1cc2c(cc1OC)C(C)N(C1CCCN(Cc3cccs3)C1)CC2. The Labute approximate surface area is 166 Å². The molecule has 2 unspecified atom stereocenters. The molecule has 27 heavy (non-hydrogen) atoms. The third-order valence-electron chi connectivity index (χ3n) is 6.14. The van der Waals surface area contributed by atoms with Crippen molar-refractivity contribution in [3.8, 4) is 11.5 Å². The summed E-state index contributed by atoms with van der Waals surface area (Å²) in [5.41, 5.74) is 2.80. The highest BCUT2D eigenvalue weighted by Crippen LogP contribution is 2.39. The van der Waals surface area contributed by atoms with Gasteiger partial charge in [0.15, 0.2) is 11.5 Å². The lowest BCUT2D eigenvalue weighted by Crippen LogP contribution is -2.50. The van der Waals surface area contributed by atoms with E-state index in [2.05, 4.69) is 46.4 Å². The molecule has 1 saturated heterocycles. The van der Waals surface area contributed by atoms with Gasteiger partial charge >= 0.3 is 0 Å². The average molecular weight is 387 g/mol. The number of nitrogens with zero attached hydrogens (tertiary/aromatic N) is 2. The molecule has 1 fully saturated rings. The lowest BCUT2D eigenvalue weighted by atomic mass is 9.90. The van der Waals surface area contributed by atoms with Crippen molar-refractivity contribution in [2.45, 2.75) is 44.8 Å². The molecule has 1 aromatic heterocycles. The number of likely N-dealkylation sites (tertiary alicyclic amines) is 1. The number of benzene rings is 1. The minimum absolute atomic E-state index is 0.417. The highest BCUT2D eigenvalue weighted by atomic mass is 32.1. The van der Waals surface area contributed by atoms with Crippen LogP contribution in [0.1, 0.15) is 41.8 Å². The molecule has 2 aromatic rings. The number of piperidine rings is 1. The number of fused-ring (bicyclic) bond motifs is 1. The standard InChI is InChI=1S/C22H30N2O2S/c1-16-20-13-22(26-3)21(25-2)12-17(20)8-10-24(16)18-6-4-9-23(14-18)15-19-7-5-11-27-19/h5,7,11-13,16,18H,4,6,8-10,14-15H2,1-3H3. The second kappa shape index (κ2) is 8.21. The normalized spacial score (nSPS) is 23.8. The minimum atomic E-state index is 0.417. The molecule has 0 amide bonds. The summed E-state index contributed by atoms with van der Waals surface area (Å²) in [5, 5.41) is 2.18. The molecule has 4 rings (SSSR count). The number of methoxy groups -OCH3 is 2. The van der Waals surface area contributed by atoms with E-state index in [0.29, 0.717) is 12.1 Å². The Morgan fingerprint density at radius 2 is 1.96 bits per heavy atom. The first-order chi connectivity index (χ1) is 13.2. The smallest absolute Gasteiger partial charge is 0.161 e. The van der Waals surface area contributed by atoms with Crippen molar-refractivity contribution in [3.05, 3.63) is 45.6 Å². The zero-order chi connectivity index (χ0) is 18.8. The van der Waals surface area contributed by atoms with Gasteiger partial charge in [0.05, 0.1) is 14.2 Å². The first-order valence-corrected chi connectivity index (χ1v) is 10.8. The molecule has 5 heteroatoms. The monoisotopic (exact) mass is 386 g/mol. The van der Waals surface area contributed by atoms with E-state index in [1.165, 1.54) is 41.9 Å². The van der Waals surface area contributed by atoms with E-state index in [1.807, 2.05) is 11.3 Å². The average Bonchev–Trinajstić information content (AvgIpc) is 3.20. The molecule has 2 aliphatic heterocycles. The molecule has 0 radical (unpaired) electrons. The summed E-state index contributed by atoms with van der Waals surface area (Å²) in [6, 6.07) is 9.83. The van der Waals surface area contributed by atoms with E-state index in [9.17, 15) is 0 Å². The van der Waals surface area contributed by atoms with Crippen LogP contribution in [0.3, 0.4) is 0 Å². The molecule has 0 bridgehead atoms. The van der Waals surface area contributed by atoms with Gasteiger partial charge in [-0.2, -0.15) is 0 Å². The van der Waals surface area contributed by atoms with Crippen LogP contribution < -0.4 is 9.47 Å². The Morgan fingerprint density at radius 1 is 1.15 bits per heavy atom. The number of hydrogen-bond donors (Lipinski definition) is 0. The van der Waals surface area contributed by atoms with Gasteiger partial charge in [0.25, 0.3) is 0 Å². The maximum Gasteiger partial charge on any atom is 0.161 e. The third-order valence-corrected chi connectivity index (χ3v) is 7.00. The van der Waals surface area contributed by atoms with Gasteiger partial charge in [-0.1, -0.05) is 6.07 Å². The van der Waals surface area contributed by atoms with Gasteiger partial charge in [-0.25, -0.2) is 0 Å². The number of ether oxygens (including phenoxy) is 2. The van der Waals surface area contributed by atoms with Crippen LogP contribution in [0.25, 0.3) is 0 Å². The third kappa shape index (κ3) is 3.86. The van der Waals surface area contributed by atoms with Crippen LogP contribution in [0.5, 0.6) is 11.5 Å². The van der Waals surface area contributed by atoms with Crippen LogP contribution >= 0.6 is 11.3 Å². The molecule has 1 aromatic carbocycles. The summed E-state index contributed by atoms with van der Waals surface area (Å²) in [6.07, 6.45) is 3.67. The minimum Gasteiger partial charge on any atom is -0.493 e. The van der Waals surface area contributed by atoms with E-state index in [-0.39, 0.29) is 0 Å². The summed E-state index contributed by atoms with van der Waals surface area (Å²) >= 11 is 1.87. The zero-order valence-corrected chi connectivity index (χ0v) is 17.4. The summed E-state index contributed by atoms with van der Waals surface area (Å²) < 4.78 is 11.1. The molecule has 146 valence electrons. The Balaban J connectivity index is 1.50. The van der Waals surface area contributed by atoms with Gasteiger partial charge in [0, 0.05) is 36.6 Å². The van der Waals surface area contributed by atoms with Crippen LogP contribution in [-0.4, -0.2) is 49.7 Å². The van der Waals surface area contributed by atoms with Gasteiger partial charge in [0.1, 0.15) is 0 Å². The summed E-state index contributed by atoms with van der Waals surface area (Å²) in [4.78, 5) is 6.83. The van der Waals surface area contributed by atoms with E-state index < -0.39 is 0 Å². The maximum atomic E-state index is 5.56. The van der Waals surface area contributed by atoms with Crippen molar-refractivity contribution in [3.63, 3.8) is 0 Å². The lowest BCUT2D eigenvalue weighted by molar-refractivity contribution is 0.0611. The predicted octanol–water partition coefficient (Wildman–Crippen LogP) is 4.35. The van der Waals surface area contributed by atoms with Crippen molar-refractivity contribution < 1.29 is 9.47 Å². The Bertz CT molecular complexity index is 762. The van der Waals surface area contributed by atoms with Crippen LogP contribution in [0.2, 0.25) is 0 Å². The molecule has 2 aliphatic rings. The zero-order valence-electron chi connectivity index (χ0n) is 16.6. The highest BCUT2D eigenvalue weighted by Gasteiger charge is 2.33. The molecule has 4 nitrogen and oxygen atoms in total. The molecule has 0 aliphatic carbocycles. The Kier molecular flexibility index (Phi) is 5.71. The lowest BCUT2D eigenvalue weighted by Gasteiger charge is -2.45. The van der Waals surface area contributed by atoms with Crippen LogP contribution in [0.4, 0.5) is 0 Å². The van der Waals surface area contributed by atoms with Crippen molar-refractivity contribution in [1.82, 2.24) is 9.80 Å².